The summed E-state index contributed by atoms with van der Waals surface area (Å²) in [6, 6.07) is 8.73. The van der Waals surface area contributed by atoms with E-state index in [4.69, 9.17) is 4.52 Å². The molecule has 5 nitrogen and oxygen atoms in total. The molecule has 0 aliphatic carbocycles. The predicted octanol–water partition coefficient (Wildman–Crippen LogP) is 3.43. The lowest BCUT2D eigenvalue weighted by molar-refractivity contribution is 0.137. The Morgan fingerprint density at radius 1 is 1.21 bits per heavy atom. The number of hydrogen-bond donors (Lipinski definition) is 1. The van der Waals surface area contributed by atoms with Gasteiger partial charge in [0.25, 0.3) is 0 Å². The fraction of sp³-hybridized carbons (Fsp3) is 0.579. The van der Waals surface area contributed by atoms with E-state index in [9.17, 15) is 5.11 Å². The molecule has 5 heteroatoms. The molecule has 1 unspecified atom stereocenters. The maximum absolute atomic E-state index is 9.31. The summed E-state index contributed by atoms with van der Waals surface area (Å²) in [6.07, 6.45) is 6.68. The predicted molar refractivity (Wildman–Crippen MR) is 93.5 cm³/mol. The monoisotopic (exact) mass is 329 g/mol. The van der Waals surface area contributed by atoms with Gasteiger partial charge in [-0.3, -0.25) is 4.90 Å². The van der Waals surface area contributed by atoms with E-state index in [0.29, 0.717) is 24.3 Å². The number of aryl methyl sites for hydroxylation is 1. The van der Waals surface area contributed by atoms with Crippen molar-refractivity contribution in [1.82, 2.24) is 15.0 Å². The average Bonchev–Trinajstić information content (AvgIpc) is 2.97. The number of aliphatic hydroxyl groups excluding tert-OH is 1. The van der Waals surface area contributed by atoms with Gasteiger partial charge in [-0.05, 0) is 37.8 Å². The summed E-state index contributed by atoms with van der Waals surface area (Å²) in [5.74, 6) is 1.32. The lowest BCUT2D eigenvalue weighted by Crippen LogP contribution is -2.35. The number of likely N-dealkylation sites (tertiary alicyclic amines) is 1. The van der Waals surface area contributed by atoms with E-state index in [2.05, 4.69) is 34.1 Å². The second-order valence-electron chi connectivity index (χ2n) is 6.55. The van der Waals surface area contributed by atoms with Crippen LogP contribution in [-0.2, 0) is 13.0 Å². The van der Waals surface area contributed by atoms with Crippen LogP contribution in [0.3, 0.4) is 0 Å². The molecule has 0 bridgehead atoms. The molecule has 1 aromatic carbocycles. The second-order valence-corrected chi connectivity index (χ2v) is 6.55. The van der Waals surface area contributed by atoms with Gasteiger partial charge in [0.05, 0.1) is 6.54 Å². The normalized spacial score (nSPS) is 19.3. The summed E-state index contributed by atoms with van der Waals surface area (Å²) in [4.78, 5) is 6.96. The van der Waals surface area contributed by atoms with Gasteiger partial charge >= 0.3 is 0 Å². The van der Waals surface area contributed by atoms with Gasteiger partial charge in [0, 0.05) is 18.2 Å². The molecule has 1 atom stereocenters. The molecule has 3 rings (SSSR count). The Kier molecular flexibility index (Phi) is 5.99. The van der Waals surface area contributed by atoms with Crippen molar-refractivity contribution >= 4 is 0 Å². The van der Waals surface area contributed by atoms with Gasteiger partial charge in [0.1, 0.15) is 0 Å². The molecule has 24 heavy (non-hydrogen) atoms. The molecule has 0 radical (unpaired) electrons. The largest absolute Gasteiger partial charge is 0.396 e. The Hall–Kier alpha value is -1.72. The van der Waals surface area contributed by atoms with Gasteiger partial charge in [-0.15, -0.1) is 0 Å². The van der Waals surface area contributed by atoms with Crippen molar-refractivity contribution in [2.75, 3.05) is 13.2 Å². The number of aliphatic hydroxyl groups is 1. The first-order valence-electron chi connectivity index (χ1n) is 9.07. The zero-order valence-corrected chi connectivity index (χ0v) is 14.4. The van der Waals surface area contributed by atoms with Crippen molar-refractivity contribution in [2.45, 2.75) is 58.0 Å². The molecular weight excluding hydrogens is 302 g/mol. The highest BCUT2D eigenvalue weighted by Crippen LogP contribution is 2.22. The third kappa shape index (κ3) is 4.22. The van der Waals surface area contributed by atoms with E-state index in [-0.39, 0.29) is 6.61 Å². The topological polar surface area (TPSA) is 62.4 Å². The maximum atomic E-state index is 9.31. The lowest BCUT2D eigenvalue weighted by Gasteiger charge is -2.27. The molecule has 2 aromatic rings. The Morgan fingerprint density at radius 2 is 2.04 bits per heavy atom. The number of rotatable bonds is 6. The zero-order chi connectivity index (χ0) is 16.8. The van der Waals surface area contributed by atoms with Crippen LogP contribution in [0.5, 0.6) is 0 Å². The third-order valence-electron chi connectivity index (χ3n) is 4.89. The number of nitrogens with zero attached hydrogens (tertiary/aromatic N) is 3. The van der Waals surface area contributed by atoms with Crippen molar-refractivity contribution in [3.8, 4) is 11.4 Å². The standard InChI is InChI=1S/C19H27N3O2/c1-2-15-7-9-16(10-8-15)19-20-18(24-21-19)14-22-12-5-3-4-6-17(22)11-13-23/h7-10,17,23H,2-6,11-14H2,1H3. The highest BCUT2D eigenvalue weighted by atomic mass is 16.5. The Morgan fingerprint density at radius 3 is 2.79 bits per heavy atom. The minimum Gasteiger partial charge on any atom is -0.396 e. The van der Waals surface area contributed by atoms with E-state index in [1.54, 1.807) is 0 Å². The van der Waals surface area contributed by atoms with Crippen molar-refractivity contribution < 1.29 is 9.63 Å². The molecule has 1 aromatic heterocycles. The van der Waals surface area contributed by atoms with Crippen LogP contribution in [-0.4, -0.2) is 39.3 Å². The fourth-order valence-corrected chi connectivity index (χ4v) is 3.42. The molecular formula is C19H27N3O2. The number of benzene rings is 1. The van der Waals surface area contributed by atoms with Crippen molar-refractivity contribution in [2.24, 2.45) is 0 Å². The van der Waals surface area contributed by atoms with Gasteiger partial charge in [0.15, 0.2) is 0 Å². The van der Waals surface area contributed by atoms with Gasteiger partial charge in [0.2, 0.25) is 11.7 Å². The summed E-state index contributed by atoms with van der Waals surface area (Å²) in [6.45, 7) is 4.09. The zero-order valence-electron chi connectivity index (χ0n) is 14.4. The first-order chi connectivity index (χ1) is 11.8. The third-order valence-corrected chi connectivity index (χ3v) is 4.89. The van der Waals surface area contributed by atoms with Gasteiger partial charge in [-0.2, -0.15) is 4.98 Å². The quantitative estimate of drug-likeness (QED) is 0.880. The van der Waals surface area contributed by atoms with Crippen LogP contribution in [0.4, 0.5) is 0 Å². The lowest BCUT2D eigenvalue weighted by atomic mass is 10.1. The van der Waals surface area contributed by atoms with Gasteiger partial charge in [-0.1, -0.05) is 49.2 Å². The number of hydrogen-bond acceptors (Lipinski definition) is 5. The van der Waals surface area contributed by atoms with Crippen LogP contribution in [0.2, 0.25) is 0 Å². The molecule has 1 aliphatic heterocycles. The van der Waals surface area contributed by atoms with E-state index in [1.807, 2.05) is 12.1 Å². The maximum Gasteiger partial charge on any atom is 0.241 e. The summed E-state index contributed by atoms with van der Waals surface area (Å²) in [7, 11) is 0. The molecule has 0 spiro atoms. The molecule has 2 heterocycles. The summed E-state index contributed by atoms with van der Waals surface area (Å²) in [5.41, 5.74) is 2.30. The fourth-order valence-electron chi connectivity index (χ4n) is 3.42. The van der Waals surface area contributed by atoms with Gasteiger partial charge in [-0.25, -0.2) is 0 Å². The number of aromatic nitrogens is 2. The van der Waals surface area contributed by atoms with Gasteiger partial charge < -0.3 is 9.63 Å². The van der Waals surface area contributed by atoms with E-state index >= 15 is 0 Å². The Bertz CT molecular complexity index is 624. The first kappa shape index (κ1) is 17.1. The van der Waals surface area contributed by atoms with Crippen LogP contribution in [0, 0.1) is 0 Å². The molecule has 1 fully saturated rings. The molecule has 0 saturated carbocycles. The second kappa shape index (κ2) is 8.40. The average molecular weight is 329 g/mol. The Labute approximate surface area is 143 Å². The summed E-state index contributed by atoms with van der Waals surface area (Å²) < 4.78 is 5.48. The minimum absolute atomic E-state index is 0.236. The van der Waals surface area contributed by atoms with Crippen LogP contribution in [0.15, 0.2) is 28.8 Å². The van der Waals surface area contributed by atoms with Crippen molar-refractivity contribution in [3.63, 3.8) is 0 Å². The van der Waals surface area contributed by atoms with E-state index < -0.39 is 0 Å². The molecule has 130 valence electrons. The SMILES string of the molecule is CCc1ccc(-c2noc(CN3CCCCCC3CCO)n2)cc1. The Balaban J connectivity index is 1.69. The first-order valence-corrected chi connectivity index (χ1v) is 9.07. The van der Waals surface area contributed by atoms with Crippen LogP contribution in [0.1, 0.15) is 50.5 Å². The summed E-state index contributed by atoms with van der Waals surface area (Å²) >= 11 is 0. The van der Waals surface area contributed by atoms with E-state index in [0.717, 1.165) is 31.4 Å². The highest BCUT2D eigenvalue weighted by Gasteiger charge is 2.22. The van der Waals surface area contributed by atoms with E-state index in [1.165, 1.54) is 24.8 Å². The van der Waals surface area contributed by atoms with Crippen LogP contribution in [0.25, 0.3) is 11.4 Å². The molecule has 0 amide bonds. The van der Waals surface area contributed by atoms with Crippen molar-refractivity contribution in [1.29, 1.82) is 0 Å². The van der Waals surface area contributed by atoms with Crippen LogP contribution >= 0.6 is 0 Å². The molecule has 1 N–H and O–H groups in total. The van der Waals surface area contributed by atoms with Crippen molar-refractivity contribution in [3.05, 3.63) is 35.7 Å². The minimum atomic E-state index is 0.236. The molecule has 1 saturated heterocycles. The summed E-state index contributed by atoms with van der Waals surface area (Å²) in [5, 5.41) is 13.5. The van der Waals surface area contributed by atoms with Crippen LogP contribution < -0.4 is 0 Å². The highest BCUT2D eigenvalue weighted by molar-refractivity contribution is 5.54. The molecule has 1 aliphatic rings. The smallest absolute Gasteiger partial charge is 0.241 e.